The summed E-state index contributed by atoms with van der Waals surface area (Å²) in [6.45, 7) is 20.3. The fraction of sp³-hybridized carbons (Fsp3) is 0.917. The highest BCUT2D eigenvalue weighted by molar-refractivity contribution is 8.13. The molecule has 0 heterocycles. The van der Waals surface area contributed by atoms with Gasteiger partial charge in [-0.05, 0) is 83.9 Å². The van der Waals surface area contributed by atoms with E-state index < -0.39 is 48.9 Å². The first-order valence-corrected chi connectivity index (χ1v) is 28.4. The van der Waals surface area contributed by atoms with Crippen molar-refractivity contribution in [3.63, 3.8) is 0 Å². The number of hydrogen-bond donors (Lipinski definition) is 2. The van der Waals surface area contributed by atoms with Gasteiger partial charge in [-0.3, -0.25) is 14.4 Å². The molecule has 4 atom stereocenters. The molecule has 0 spiro atoms. The van der Waals surface area contributed by atoms with Crippen LogP contribution in [0.4, 0.5) is 0 Å². The van der Waals surface area contributed by atoms with E-state index in [2.05, 4.69) is 25.3 Å². The van der Waals surface area contributed by atoms with Gasteiger partial charge >= 0.3 is 38.1 Å². The lowest BCUT2D eigenvalue weighted by atomic mass is 9.88. The van der Waals surface area contributed by atoms with Crippen LogP contribution in [0.15, 0.2) is 0 Å². The van der Waals surface area contributed by atoms with E-state index in [0.717, 1.165) is 18.9 Å². The Kier molecular flexibility index (Phi) is 30.1. The van der Waals surface area contributed by atoms with Gasteiger partial charge in [-0.15, -0.1) is 0 Å². The smallest absolute Gasteiger partial charge is 0.465 e. The first-order chi connectivity index (χ1) is 26.1. The van der Waals surface area contributed by atoms with Crippen molar-refractivity contribution in [1.29, 1.82) is 0 Å². The van der Waals surface area contributed by atoms with Gasteiger partial charge in [-0.25, -0.2) is 0 Å². The molecule has 0 saturated heterocycles. The summed E-state index contributed by atoms with van der Waals surface area (Å²) in [6, 6.07) is 1.77. The van der Waals surface area contributed by atoms with Crippen LogP contribution in [0.25, 0.3) is 0 Å². The fourth-order valence-corrected chi connectivity index (χ4v) is 15.1. The molecule has 0 aromatic carbocycles. The Labute approximate surface area is 351 Å². The number of rotatable bonds is 36. The monoisotopic (exact) mass is 894 g/mol. The number of hydrogen-bond acceptors (Lipinski definition) is 16. The van der Waals surface area contributed by atoms with Crippen molar-refractivity contribution in [1.82, 2.24) is 0 Å². The van der Waals surface area contributed by atoms with Gasteiger partial charge in [0.1, 0.15) is 13.2 Å². The molecular formula is C36H74O13S3Si3. The minimum Gasteiger partial charge on any atom is -0.465 e. The van der Waals surface area contributed by atoms with Gasteiger partial charge in [0.05, 0.1) is 0 Å². The van der Waals surface area contributed by atoms with Crippen LogP contribution >= 0.6 is 37.0 Å². The third kappa shape index (κ3) is 22.8. The molecule has 0 aliphatic heterocycles. The summed E-state index contributed by atoms with van der Waals surface area (Å²) in [5.74, 6) is 1.09. The quantitative estimate of drug-likeness (QED) is 0.0280. The van der Waals surface area contributed by atoms with Crippen molar-refractivity contribution in [3.8, 4) is 0 Å². The van der Waals surface area contributed by atoms with Crippen LogP contribution < -0.4 is 0 Å². The number of esters is 2. The van der Waals surface area contributed by atoms with E-state index in [1.807, 2.05) is 48.1 Å². The molecule has 0 rings (SSSR count). The predicted octanol–water partition coefficient (Wildman–Crippen LogP) is 7.38. The molecule has 55 heavy (non-hydrogen) atoms. The van der Waals surface area contributed by atoms with Crippen LogP contribution in [-0.4, -0.2) is 127 Å². The molecule has 0 aliphatic rings. The topological polar surface area (TPSA) is 144 Å². The van der Waals surface area contributed by atoms with Crippen LogP contribution in [0.2, 0.25) is 24.7 Å². The van der Waals surface area contributed by atoms with Crippen LogP contribution in [-0.2, 0) is 59.3 Å². The summed E-state index contributed by atoms with van der Waals surface area (Å²) in [5, 5.41) is 0.0196. The zero-order valence-corrected chi connectivity index (χ0v) is 41.1. The molecule has 0 N–H and O–H groups in total. The van der Waals surface area contributed by atoms with Gasteiger partial charge in [0.15, 0.2) is 5.12 Å². The molecule has 0 aromatic heterocycles. The SMILES string of the molecule is CCO[Si](C)(CCCS)OCC(CC)(COC(C)=O)CO[Si](CCCSC(C)=O)(OCC)OCC(CC)(COC(C)=O)CO[Si](CCCS)(OCC)OCC. The summed E-state index contributed by atoms with van der Waals surface area (Å²) in [6.07, 6.45) is 3.27. The Morgan fingerprint density at radius 3 is 1.27 bits per heavy atom. The minimum absolute atomic E-state index is 0.0196. The van der Waals surface area contributed by atoms with Gasteiger partial charge < -0.3 is 44.9 Å². The van der Waals surface area contributed by atoms with E-state index in [4.69, 9.17) is 44.9 Å². The first-order valence-electron chi connectivity index (χ1n) is 19.8. The van der Waals surface area contributed by atoms with Crippen molar-refractivity contribution in [3.05, 3.63) is 0 Å². The van der Waals surface area contributed by atoms with Gasteiger partial charge in [-0.2, -0.15) is 25.3 Å². The molecule has 13 nitrogen and oxygen atoms in total. The van der Waals surface area contributed by atoms with E-state index in [0.29, 0.717) is 75.0 Å². The van der Waals surface area contributed by atoms with Crippen LogP contribution in [0.3, 0.4) is 0 Å². The second kappa shape index (κ2) is 30.1. The lowest BCUT2D eigenvalue weighted by Crippen LogP contribution is -2.54. The third-order valence-electron chi connectivity index (χ3n) is 9.05. The van der Waals surface area contributed by atoms with Gasteiger partial charge in [0.25, 0.3) is 0 Å². The molecule has 0 saturated carbocycles. The Balaban J connectivity index is 6.92. The van der Waals surface area contributed by atoms with Gasteiger partial charge in [-0.1, -0.05) is 25.6 Å². The molecule has 0 bridgehead atoms. The average molecular weight is 895 g/mol. The third-order valence-corrected chi connectivity index (χ3v) is 19.4. The minimum atomic E-state index is -3.58. The summed E-state index contributed by atoms with van der Waals surface area (Å²) >= 11 is 10.1. The Bertz CT molecular complexity index is 1070. The number of carbonyl (C=O) groups excluding carboxylic acids is 3. The maximum absolute atomic E-state index is 12.2. The normalized spacial score (nSPS) is 16.4. The van der Waals surface area contributed by atoms with Crippen molar-refractivity contribution in [2.24, 2.45) is 10.8 Å². The van der Waals surface area contributed by atoms with Crippen molar-refractivity contribution in [2.75, 3.05) is 83.3 Å². The maximum atomic E-state index is 12.2. The second-order valence-corrected chi connectivity index (χ2v) is 24.7. The highest BCUT2D eigenvalue weighted by Crippen LogP contribution is 2.34. The van der Waals surface area contributed by atoms with E-state index in [1.54, 1.807) is 6.92 Å². The maximum Gasteiger partial charge on any atom is 0.501 e. The van der Waals surface area contributed by atoms with Crippen LogP contribution in [0, 0.1) is 10.8 Å². The van der Waals surface area contributed by atoms with Gasteiger partial charge in [0, 0.05) is 102 Å². The number of thiol groups is 2. The predicted molar refractivity (Wildman–Crippen MR) is 231 cm³/mol. The Morgan fingerprint density at radius 2 is 0.909 bits per heavy atom. The lowest BCUT2D eigenvalue weighted by Gasteiger charge is -2.41. The average Bonchev–Trinajstić information content (AvgIpc) is 3.15. The molecule has 0 amide bonds. The van der Waals surface area contributed by atoms with Crippen molar-refractivity contribution >= 4 is 80.2 Å². The zero-order chi connectivity index (χ0) is 41.9. The number of thioether (sulfide) groups is 1. The molecule has 4 unspecified atom stereocenters. The fourth-order valence-electron chi connectivity index (χ4n) is 5.50. The molecule has 0 fully saturated rings. The summed E-state index contributed by atoms with van der Waals surface area (Å²) in [7, 11) is -9.30. The molecule has 19 heteroatoms. The van der Waals surface area contributed by atoms with Crippen LogP contribution in [0.1, 0.15) is 94.4 Å². The van der Waals surface area contributed by atoms with E-state index >= 15 is 0 Å². The molecule has 0 aromatic rings. The second-order valence-electron chi connectivity index (χ2n) is 13.8. The number of carbonyl (C=O) groups is 3. The molecule has 0 aliphatic carbocycles. The van der Waals surface area contributed by atoms with E-state index in [1.165, 1.54) is 25.6 Å². The summed E-state index contributed by atoms with van der Waals surface area (Å²) in [4.78, 5) is 36.2. The van der Waals surface area contributed by atoms with E-state index in [9.17, 15) is 14.4 Å². The number of ether oxygens (including phenoxy) is 2. The molecule has 326 valence electrons. The zero-order valence-electron chi connectivity index (χ0n) is 35.5. The largest absolute Gasteiger partial charge is 0.501 e. The highest BCUT2D eigenvalue weighted by Gasteiger charge is 2.49. The lowest BCUT2D eigenvalue weighted by molar-refractivity contribution is -0.147. The van der Waals surface area contributed by atoms with Crippen LogP contribution in [0.5, 0.6) is 0 Å². The highest BCUT2D eigenvalue weighted by atomic mass is 32.2. The Morgan fingerprint density at radius 1 is 0.527 bits per heavy atom. The standard InChI is InChI=1S/C36H74O13S3Si3/c1-11-35(26-40-32(7)37,28-46-53(10,42-13-3)23-17-20-50)29-48-55(45-16-6,25-19-22-52-34(9)39)49-31-36(12-2,27-41-33(8)38)30-47-54(43-14-4,44-15-5)24-18-21-51/h50-51H,11-31H2,1-10H3. The van der Waals surface area contributed by atoms with Crippen molar-refractivity contribution < 1.29 is 59.3 Å². The summed E-state index contributed by atoms with van der Waals surface area (Å²) < 4.78 is 63.5. The molecule has 0 radical (unpaired) electrons. The van der Waals surface area contributed by atoms with E-state index in [-0.39, 0.29) is 44.8 Å². The summed E-state index contributed by atoms with van der Waals surface area (Å²) in [5.41, 5.74) is -1.56. The Hall–Kier alpha value is -0.00935. The first kappa shape index (κ1) is 55.0. The van der Waals surface area contributed by atoms with Crippen molar-refractivity contribution in [2.45, 2.75) is 119 Å². The van der Waals surface area contributed by atoms with Gasteiger partial charge in [0.2, 0.25) is 0 Å². The molecular weight excluding hydrogens is 821 g/mol.